The summed E-state index contributed by atoms with van der Waals surface area (Å²) in [7, 11) is 0. The minimum Gasteiger partial charge on any atom is -0.490 e. The molecule has 2 unspecified atom stereocenters. The third-order valence-corrected chi connectivity index (χ3v) is 5.61. The van der Waals surface area contributed by atoms with Crippen molar-refractivity contribution in [3.63, 3.8) is 0 Å². The van der Waals surface area contributed by atoms with Crippen LogP contribution in [0.4, 0.5) is 0 Å². The molecule has 3 rings (SSSR count). The van der Waals surface area contributed by atoms with E-state index in [9.17, 15) is 0 Å². The zero-order valence-electron chi connectivity index (χ0n) is 16.5. The number of benzene rings is 2. The standard InChI is InChI=1S/C22H27Cl2NO3/c1-4-26-19-7-5-6-8-20(19)28-22(16-9-10-17(23)18(24)13-16)21-14-25(15(2)3)11-12-27-21/h5-10,13,15,21-22H,4,11-12,14H2,1-3H3. The summed E-state index contributed by atoms with van der Waals surface area (Å²) in [6, 6.07) is 13.7. The van der Waals surface area contributed by atoms with Gasteiger partial charge in [-0.25, -0.2) is 0 Å². The molecular formula is C22H27Cl2NO3. The molecule has 1 saturated heterocycles. The van der Waals surface area contributed by atoms with Crippen LogP contribution in [-0.4, -0.2) is 43.3 Å². The first-order chi connectivity index (χ1) is 13.5. The zero-order valence-corrected chi connectivity index (χ0v) is 18.0. The summed E-state index contributed by atoms with van der Waals surface area (Å²) in [6.07, 6.45) is -0.471. The van der Waals surface area contributed by atoms with Crippen LogP contribution in [0.15, 0.2) is 42.5 Å². The van der Waals surface area contributed by atoms with Gasteiger partial charge in [0.2, 0.25) is 0 Å². The molecule has 6 heteroatoms. The quantitative estimate of drug-likeness (QED) is 0.577. The molecule has 0 aromatic heterocycles. The van der Waals surface area contributed by atoms with Crippen molar-refractivity contribution >= 4 is 23.2 Å². The number of hydrogen-bond acceptors (Lipinski definition) is 4. The van der Waals surface area contributed by atoms with Crippen molar-refractivity contribution in [1.82, 2.24) is 4.90 Å². The summed E-state index contributed by atoms with van der Waals surface area (Å²) in [6.45, 7) is 9.27. The third-order valence-electron chi connectivity index (χ3n) is 4.87. The molecule has 4 nitrogen and oxygen atoms in total. The first-order valence-corrected chi connectivity index (χ1v) is 10.4. The molecule has 0 bridgehead atoms. The van der Waals surface area contributed by atoms with Crippen LogP contribution >= 0.6 is 23.2 Å². The Bertz CT molecular complexity index is 784. The summed E-state index contributed by atoms with van der Waals surface area (Å²) in [5.41, 5.74) is 0.927. The van der Waals surface area contributed by atoms with E-state index in [-0.39, 0.29) is 12.2 Å². The summed E-state index contributed by atoms with van der Waals surface area (Å²) in [4.78, 5) is 2.40. The smallest absolute Gasteiger partial charge is 0.162 e. The molecule has 0 N–H and O–H groups in total. The van der Waals surface area contributed by atoms with Gasteiger partial charge >= 0.3 is 0 Å². The second kappa shape index (κ2) is 9.84. The van der Waals surface area contributed by atoms with Crippen molar-refractivity contribution < 1.29 is 14.2 Å². The van der Waals surface area contributed by atoms with Crippen molar-refractivity contribution in [2.75, 3.05) is 26.3 Å². The molecule has 1 fully saturated rings. The van der Waals surface area contributed by atoms with E-state index >= 15 is 0 Å². The molecule has 0 aliphatic carbocycles. The van der Waals surface area contributed by atoms with Crippen LogP contribution in [0.5, 0.6) is 11.5 Å². The lowest BCUT2D eigenvalue weighted by atomic mass is 10.0. The molecule has 0 amide bonds. The van der Waals surface area contributed by atoms with E-state index in [1.54, 1.807) is 6.07 Å². The largest absolute Gasteiger partial charge is 0.490 e. The van der Waals surface area contributed by atoms with Crippen LogP contribution in [-0.2, 0) is 4.74 Å². The maximum atomic E-state index is 6.47. The fourth-order valence-corrected chi connectivity index (χ4v) is 3.66. The number of nitrogens with zero attached hydrogens (tertiary/aromatic N) is 1. The Morgan fingerprint density at radius 1 is 1.11 bits per heavy atom. The van der Waals surface area contributed by atoms with Gasteiger partial charge in [-0.2, -0.15) is 0 Å². The van der Waals surface area contributed by atoms with Gasteiger partial charge in [0, 0.05) is 19.1 Å². The maximum absolute atomic E-state index is 6.47. The van der Waals surface area contributed by atoms with E-state index in [1.807, 2.05) is 43.3 Å². The topological polar surface area (TPSA) is 30.9 Å². The molecule has 0 saturated carbocycles. The third kappa shape index (κ3) is 5.12. The van der Waals surface area contributed by atoms with Gasteiger partial charge in [-0.1, -0.05) is 41.4 Å². The Kier molecular flexibility index (Phi) is 7.47. The summed E-state index contributed by atoms with van der Waals surface area (Å²) < 4.78 is 18.3. The van der Waals surface area contributed by atoms with Crippen molar-refractivity contribution in [2.45, 2.75) is 39.0 Å². The number of rotatable bonds is 7. The Hall–Kier alpha value is -1.46. The lowest BCUT2D eigenvalue weighted by Crippen LogP contribution is -2.48. The van der Waals surface area contributed by atoms with E-state index in [0.29, 0.717) is 40.8 Å². The highest BCUT2D eigenvalue weighted by Gasteiger charge is 2.32. The minimum atomic E-state index is -0.335. The molecule has 1 aliphatic heterocycles. The predicted octanol–water partition coefficient (Wildman–Crippen LogP) is 5.62. The van der Waals surface area contributed by atoms with Gasteiger partial charge in [0.25, 0.3) is 0 Å². The van der Waals surface area contributed by atoms with Gasteiger partial charge in [0.1, 0.15) is 6.10 Å². The van der Waals surface area contributed by atoms with Gasteiger partial charge in [0.15, 0.2) is 17.6 Å². The first kappa shape index (κ1) is 21.3. The van der Waals surface area contributed by atoms with Crippen LogP contribution in [0.2, 0.25) is 10.0 Å². The van der Waals surface area contributed by atoms with E-state index < -0.39 is 0 Å². The number of hydrogen-bond donors (Lipinski definition) is 0. The van der Waals surface area contributed by atoms with E-state index in [4.69, 9.17) is 37.4 Å². The monoisotopic (exact) mass is 423 g/mol. The second-order valence-electron chi connectivity index (χ2n) is 7.09. The molecule has 1 aliphatic rings. The SMILES string of the molecule is CCOc1ccccc1OC(c1ccc(Cl)c(Cl)c1)C1CN(C(C)C)CCO1. The first-order valence-electron chi connectivity index (χ1n) is 9.68. The Labute approximate surface area is 177 Å². The zero-order chi connectivity index (χ0) is 20.1. The molecule has 1 heterocycles. The molecular weight excluding hydrogens is 397 g/mol. The fraction of sp³-hybridized carbons (Fsp3) is 0.455. The Balaban J connectivity index is 1.94. The van der Waals surface area contributed by atoms with E-state index in [0.717, 1.165) is 18.7 Å². The fourth-order valence-electron chi connectivity index (χ4n) is 3.36. The molecule has 2 atom stereocenters. The van der Waals surface area contributed by atoms with Gasteiger partial charge in [0.05, 0.1) is 23.3 Å². The van der Waals surface area contributed by atoms with Crippen LogP contribution in [0, 0.1) is 0 Å². The van der Waals surface area contributed by atoms with Gasteiger partial charge in [-0.05, 0) is 50.6 Å². The Morgan fingerprint density at radius 2 is 1.86 bits per heavy atom. The highest BCUT2D eigenvalue weighted by molar-refractivity contribution is 6.42. The molecule has 28 heavy (non-hydrogen) atoms. The normalized spacial score (nSPS) is 18.9. The van der Waals surface area contributed by atoms with Crippen molar-refractivity contribution in [1.29, 1.82) is 0 Å². The molecule has 2 aromatic rings. The Morgan fingerprint density at radius 3 is 2.54 bits per heavy atom. The number of para-hydroxylation sites is 2. The van der Waals surface area contributed by atoms with Crippen LogP contribution in [0.25, 0.3) is 0 Å². The van der Waals surface area contributed by atoms with Gasteiger partial charge < -0.3 is 14.2 Å². The molecule has 0 radical (unpaired) electrons. The summed E-state index contributed by atoms with van der Waals surface area (Å²) >= 11 is 12.4. The number of morpholine rings is 1. The second-order valence-corrected chi connectivity index (χ2v) is 7.90. The highest BCUT2D eigenvalue weighted by atomic mass is 35.5. The molecule has 0 spiro atoms. The lowest BCUT2D eigenvalue weighted by molar-refractivity contribution is -0.0889. The van der Waals surface area contributed by atoms with E-state index in [1.165, 1.54) is 0 Å². The van der Waals surface area contributed by atoms with Crippen LogP contribution < -0.4 is 9.47 Å². The average Bonchev–Trinajstić information content (AvgIpc) is 2.70. The molecule has 2 aromatic carbocycles. The van der Waals surface area contributed by atoms with Gasteiger partial charge in [-0.3, -0.25) is 4.90 Å². The van der Waals surface area contributed by atoms with Crippen molar-refractivity contribution in [2.24, 2.45) is 0 Å². The van der Waals surface area contributed by atoms with Crippen LogP contribution in [0.3, 0.4) is 0 Å². The van der Waals surface area contributed by atoms with E-state index in [2.05, 4.69) is 18.7 Å². The van der Waals surface area contributed by atoms with Crippen molar-refractivity contribution in [3.05, 3.63) is 58.1 Å². The predicted molar refractivity (Wildman–Crippen MR) is 114 cm³/mol. The van der Waals surface area contributed by atoms with Crippen LogP contribution in [0.1, 0.15) is 32.4 Å². The lowest BCUT2D eigenvalue weighted by Gasteiger charge is -2.39. The number of ether oxygens (including phenoxy) is 3. The summed E-state index contributed by atoms with van der Waals surface area (Å²) in [5.74, 6) is 1.40. The van der Waals surface area contributed by atoms with Gasteiger partial charge in [-0.15, -0.1) is 0 Å². The molecule has 152 valence electrons. The maximum Gasteiger partial charge on any atom is 0.162 e. The van der Waals surface area contributed by atoms with Crippen molar-refractivity contribution in [3.8, 4) is 11.5 Å². The summed E-state index contributed by atoms with van der Waals surface area (Å²) in [5, 5.41) is 1.02. The minimum absolute atomic E-state index is 0.136. The highest BCUT2D eigenvalue weighted by Crippen LogP contribution is 2.36. The number of halogens is 2. The average molecular weight is 424 g/mol.